The average Bonchev–Trinajstić information content (AvgIpc) is 2.86. The van der Waals surface area contributed by atoms with Crippen LogP contribution in [-0.4, -0.2) is 88.4 Å². The Balaban J connectivity index is 0.00000512. The van der Waals surface area contributed by atoms with Crippen LogP contribution in [0.25, 0.3) is 0 Å². The number of hydrogen-bond acceptors (Lipinski definition) is 12. The predicted octanol–water partition coefficient (Wildman–Crippen LogP) is -5.11. The van der Waals surface area contributed by atoms with Crippen LogP contribution in [0.15, 0.2) is 17.1 Å². The van der Waals surface area contributed by atoms with Crippen LogP contribution in [0.1, 0.15) is 7.65 Å². The number of nitrogens with zero attached hydrogens (tertiary/aromatic N) is 3. The molecule has 2 unspecified atom stereocenters. The average molecular weight is 512 g/mol. The summed E-state index contributed by atoms with van der Waals surface area (Å²) < 4.78 is 43.4. The van der Waals surface area contributed by atoms with E-state index in [4.69, 9.17) is 10.5 Å². The molecule has 1 aromatic heterocycles. The topological polar surface area (TPSA) is 216 Å². The first-order chi connectivity index (χ1) is 14.1. The fraction of sp³-hybridized carbons (Fsp3) is 0.714. The van der Waals surface area contributed by atoms with E-state index in [1.807, 2.05) is 0 Å². The second-order valence-corrected chi connectivity index (χ2v) is 10.7. The number of ether oxygens (including phenoxy) is 1. The van der Waals surface area contributed by atoms with Gasteiger partial charge in [0.2, 0.25) is 0 Å². The van der Waals surface area contributed by atoms with Crippen LogP contribution in [0, 0.1) is 0 Å². The van der Waals surface area contributed by atoms with E-state index in [1.54, 1.807) is 21.1 Å². The molecular weight excluding hydrogens is 485 g/mol. The molecule has 6 atom stereocenters. The number of nitrogen functional groups attached to an aromatic ring is 1. The minimum atomic E-state index is -5.18. The SMILES string of the molecule is C[N+](C)(C)CCOP(=O)([O-])OP(=O)(O)OC[C@H]1O[C@@H](n2ccc(N)nc2=O)[C@H](O)[C@@H]1O.[H-].[Na+]. The van der Waals surface area contributed by atoms with Crippen molar-refractivity contribution in [2.45, 2.75) is 24.5 Å². The normalized spacial score (nSPS) is 27.3. The number of nitrogens with two attached hydrogens (primary N) is 1. The maximum absolute atomic E-state index is 12.0. The number of phosphoric ester groups is 2. The minimum absolute atomic E-state index is 0. The molecule has 1 aromatic rings. The third-order valence-corrected chi connectivity index (χ3v) is 6.68. The van der Waals surface area contributed by atoms with Gasteiger partial charge in [-0.15, -0.1) is 0 Å². The van der Waals surface area contributed by atoms with E-state index in [2.05, 4.69) is 18.3 Å². The summed E-state index contributed by atoms with van der Waals surface area (Å²) in [6.45, 7) is -0.877. The van der Waals surface area contributed by atoms with Crippen molar-refractivity contribution in [2.75, 3.05) is 46.6 Å². The molecule has 0 spiro atoms. The molecule has 1 aliphatic heterocycles. The molecule has 0 aliphatic carbocycles. The Bertz CT molecular complexity index is 933. The Kier molecular flexibility index (Phi) is 10.7. The fourth-order valence-electron chi connectivity index (χ4n) is 2.48. The van der Waals surface area contributed by atoms with Crippen molar-refractivity contribution >= 4 is 21.5 Å². The molecule has 0 saturated carbocycles. The number of aliphatic hydroxyl groups is 2. The maximum Gasteiger partial charge on any atom is 1.00 e. The Hall–Kier alpha value is -0.220. The minimum Gasteiger partial charge on any atom is -1.00 e. The smallest absolute Gasteiger partial charge is 1.00 e. The molecule has 0 amide bonds. The third-order valence-electron chi connectivity index (χ3n) is 4.08. The first kappa shape index (κ1) is 29.8. The van der Waals surface area contributed by atoms with Gasteiger partial charge in [0.25, 0.3) is 7.82 Å². The van der Waals surface area contributed by atoms with Gasteiger partial charge in [-0.25, -0.2) is 13.7 Å². The van der Waals surface area contributed by atoms with Crippen LogP contribution in [0.3, 0.4) is 0 Å². The molecular formula is C14H27N4NaO11P2. The molecule has 5 N–H and O–H groups in total. The Morgan fingerprint density at radius 3 is 2.50 bits per heavy atom. The van der Waals surface area contributed by atoms with Crippen molar-refractivity contribution in [1.82, 2.24) is 9.55 Å². The van der Waals surface area contributed by atoms with E-state index in [-0.39, 0.29) is 50.0 Å². The van der Waals surface area contributed by atoms with Crippen molar-refractivity contribution < 1.29 is 82.7 Å². The quantitative estimate of drug-likeness (QED) is 0.131. The van der Waals surface area contributed by atoms with E-state index < -0.39 is 52.5 Å². The summed E-state index contributed by atoms with van der Waals surface area (Å²) in [7, 11) is -5.01. The van der Waals surface area contributed by atoms with Gasteiger partial charge < -0.3 is 40.9 Å². The second-order valence-electron chi connectivity index (χ2n) is 7.73. The number of aromatic nitrogens is 2. The van der Waals surface area contributed by atoms with Crippen LogP contribution < -0.4 is 45.9 Å². The van der Waals surface area contributed by atoms with Crippen LogP contribution in [0.5, 0.6) is 0 Å². The van der Waals surface area contributed by atoms with Gasteiger partial charge in [-0.05, 0) is 6.07 Å². The molecule has 1 aliphatic rings. The molecule has 0 bridgehead atoms. The number of quaternary nitrogens is 1. The summed E-state index contributed by atoms with van der Waals surface area (Å²) in [4.78, 5) is 36.7. The zero-order chi connectivity index (χ0) is 23.6. The number of aliphatic hydroxyl groups excluding tert-OH is 2. The number of rotatable bonds is 10. The van der Waals surface area contributed by atoms with E-state index >= 15 is 0 Å². The predicted molar refractivity (Wildman–Crippen MR) is 103 cm³/mol. The first-order valence-electron chi connectivity index (χ1n) is 8.91. The molecule has 18 heteroatoms. The van der Waals surface area contributed by atoms with Crippen molar-refractivity contribution in [3.63, 3.8) is 0 Å². The number of phosphoric acid groups is 2. The zero-order valence-electron chi connectivity index (χ0n) is 19.0. The molecule has 15 nitrogen and oxygen atoms in total. The number of likely N-dealkylation sites (N-methyl/N-ethyl adjacent to an activating group) is 1. The first-order valence-corrected chi connectivity index (χ1v) is 11.9. The summed E-state index contributed by atoms with van der Waals surface area (Å²) in [6, 6.07) is 1.26. The van der Waals surface area contributed by atoms with Gasteiger partial charge in [-0.1, -0.05) is 0 Å². The fourth-order valence-corrected chi connectivity index (χ4v) is 4.51. The van der Waals surface area contributed by atoms with Gasteiger partial charge in [0.15, 0.2) is 6.23 Å². The Morgan fingerprint density at radius 2 is 1.94 bits per heavy atom. The van der Waals surface area contributed by atoms with Gasteiger partial charge in [0.05, 0.1) is 27.7 Å². The summed E-state index contributed by atoms with van der Waals surface area (Å²) in [5.74, 6) is -0.0711. The summed E-state index contributed by atoms with van der Waals surface area (Å²) in [6.07, 6.45) is -4.89. The molecule has 180 valence electrons. The molecule has 1 saturated heterocycles. The van der Waals surface area contributed by atoms with Crippen LogP contribution in [-0.2, 0) is 27.2 Å². The Morgan fingerprint density at radius 1 is 1.31 bits per heavy atom. The van der Waals surface area contributed by atoms with Gasteiger partial charge in [0, 0.05) is 6.20 Å². The van der Waals surface area contributed by atoms with Crippen molar-refractivity contribution in [1.29, 1.82) is 0 Å². The van der Waals surface area contributed by atoms with E-state index in [9.17, 15) is 33.9 Å². The largest absolute Gasteiger partial charge is 1.00 e. The zero-order valence-corrected chi connectivity index (χ0v) is 21.8. The van der Waals surface area contributed by atoms with Crippen molar-refractivity contribution in [3.8, 4) is 0 Å². The molecule has 0 radical (unpaired) electrons. The molecule has 0 aromatic carbocycles. The van der Waals surface area contributed by atoms with Crippen LogP contribution in [0.4, 0.5) is 5.82 Å². The number of hydrogen-bond donors (Lipinski definition) is 4. The standard InChI is InChI=1S/C14H26N4O11P2.Na.H/c1-18(2,3)6-7-26-30(22,23)29-31(24,25)27-8-9-11(19)12(20)13(28-9)17-5-4-10(15)16-14(17)21;;/h4-5,9,11-13,19-20H,6-8H2,1-3H3,(H3-,15,16,21,22,23,24,25);;/q;+1;-1/t9-,11-,12-,13-;;/m1../s1. The summed E-state index contributed by atoms with van der Waals surface area (Å²) in [5, 5.41) is 20.2. The van der Waals surface area contributed by atoms with Crippen molar-refractivity contribution in [3.05, 3.63) is 22.7 Å². The number of anilines is 1. The van der Waals surface area contributed by atoms with Gasteiger partial charge in [-0.3, -0.25) is 13.7 Å². The molecule has 2 heterocycles. The van der Waals surface area contributed by atoms with E-state index in [1.165, 1.54) is 12.3 Å². The molecule has 1 fully saturated rings. The van der Waals surface area contributed by atoms with Gasteiger partial charge >= 0.3 is 43.1 Å². The monoisotopic (exact) mass is 512 g/mol. The molecule has 32 heavy (non-hydrogen) atoms. The van der Waals surface area contributed by atoms with E-state index in [0.29, 0.717) is 4.48 Å². The second kappa shape index (κ2) is 11.5. The maximum atomic E-state index is 12.0. The molecule has 2 rings (SSSR count). The summed E-state index contributed by atoms with van der Waals surface area (Å²) in [5.41, 5.74) is 4.52. The third kappa shape index (κ3) is 8.85. The van der Waals surface area contributed by atoms with Gasteiger partial charge in [-0.2, -0.15) is 4.98 Å². The van der Waals surface area contributed by atoms with Gasteiger partial charge in [0.1, 0.15) is 37.3 Å². The van der Waals surface area contributed by atoms with Crippen LogP contribution in [0.2, 0.25) is 0 Å². The Labute approximate surface area is 207 Å². The summed E-state index contributed by atoms with van der Waals surface area (Å²) >= 11 is 0. The van der Waals surface area contributed by atoms with Crippen LogP contribution >= 0.6 is 15.6 Å². The van der Waals surface area contributed by atoms with Crippen molar-refractivity contribution in [2.24, 2.45) is 0 Å². The van der Waals surface area contributed by atoms with E-state index in [0.717, 1.165) is 4.57 Å².